The highest BCUT2D eigenvalue weighted by molar-refractivity contribution is 9.10. The van der Waals surface area contributed by atoms with Crippen molar-refractivity contribution in [3.8, 4) is 0 Å². The maximum Gasteiger partial charge on any atom is 0.0576 e. The Kier molecular flexibility index (Phi) is 4.77. The Morgan fingerprint density at radius 2 is 2.06 bits per heavy atom. The van der Waals surface area contributed by atoms with Crippen molar-refractivity contribution >= 4 is 26.7 Å². The predicted molar refractivity (Wildman–Crippen MR) is 75.7 cm³/mol. The summed E-state index contributed by atoms with van der Waals surface area (Å²) in [6.07, 6.45) is 3.41. The molecule has 1 aromatic rings. The van der Waals surface area contributed by atoms with Crippen molar-refractivity contribution in [3.63, 3.8) is 0 Å². The van der Waals surface area contributed by atoms with E-state index < -0.39 is 10.8 Å². The van der Waals surface area contributed by atoms with Gasteiger partial charge in [0.25, 0.3) is 0 Å². The van der Waals surface area contributed by atoms with Gasteiger partial charge in [-0.3, -0.25) is 4.21 Å². The van der Waals surface area contributed by atoms with Crippen molar-refractivity contribution in [3.05, 3.63) is 28.7 Å². The first-order valence-corrected chi connectivity index (χ1v) is 8.12. The molecular weight excluding hydrogens is 298 g/mol. The molecule has 3 unspecified atom stereocenters. The van der Waals surface area contributed by atoms with Gasteiger partial charge in [-0.25, -0.2) is 0 Å². The lowest BCUT2D eigenvalue weighted by atomic mass is 10.2. The maximum absolute atomic E-state index is 12.5. The molecule has 0 aromatic heterocycles. The van der Waals surface area contributed by atoms with Crippen molar-refractivity contribution in [1.82, 2.24) is 5.32 Å². The van der Waals surface area contributed by atoms with Crippen LogP contribution in [-0.2, 0) is 10.8 Å². The molecule has 0 radical (unpaired) electrons. The van der Waals surface area contributed by atoms with Crippen LogP contribution in [0.2, 0.25) is 0 Å². The summed E-state index contributed by atoms with van der Waals surface area (Å²) in [7, 11) is -0.882. The second kappa shape index (κ2) is 6.12. The Morgan fingerprint density at radius 1 is 1.35 bits per heavy atom. The largest absolute Gasteiger partial charge is 0.313 e. The molecule has 1 fully saturated rings. The molecular formula is C13H18BrNOS. The highest BCUT2D eigenvalue weighted by Crippen LogP contribution is 2.27. The van der Waals surface area contributed by atoms with E-state index >= 15 is 0 Å². The summed E-state index contributed by atoms with van der Waals surface area (Å²) in [4.78, 5) is 0.947. The second-order valence-corrected chi connectivity index (χ2v) is 6.97. The zero-order valence-corrected chi connectivity index (χ0v) is 12.4. The Hall–Kier alpha value is -0.190. The van der Waals surface area contributed by atoms with Crippen LogP contribution in [-0.4, -0.2) is 22.0 Å². The summed E-state index contributed by atoms with van der Waals surface area (Å²) in [5, 5.41) is 3.73. The van der Waals surface area contributed by atoms with Crippen molar-refractivity contribution in [2.24, 2.45) is 0 Å². The Bertz CT molecular complexity index is 393. The highest BCUT2D eigenvalue weighted by atomic mass is 79.9. The van der Waals surface area contributed by atoms with Crippen LogP contribution in [0.1, 0.15) is 26.2 Å². The maximum atomic E-state index is 12.5. The van der Waals surface area contributed by atoms with Crippen LogP contribution in [0.3, 0.4) is 0 Å². The quantitative estimate of drug-likeness (QED) is 0.925. The zero-order valence-electron chi connectivity index (χ0n) is 9.99. The topological polar surface area (TPSA) is 29.1 Å². The molecule has 1 saturated carbocycles. The van der Waals surface area contributed by atoms with Gasteiger partial charge >= 0.3 is 0 Å². The minimum atomic E-state index is -0.882. The van der Waals surface area contributed by atoms with E-state index in [4.69, 9.17) is 0 Å². The fourth-order valence-electron chi connectivity index (χ4n) is 2.42. The van der Waals surface area contributed by atoms with Gasteiger partial charge in [-0.05, 0) is 43.7 Å². The summed E-state index contributed by atoms with van der Waals surface area (Å²) in [6.45, 7) is 3.07. The van der Waals surface area contributed by atoms with Gasteiger partial charge in [-0.15, -0.1) is 0 Å². The first-order valence-electron chi connectivity index (χ1n) is 6.12. The van der Waals surface area contributed by atoms with Crippen LogP contribution in [0.5, 0.6) is 0 Å². The van der Waals surface area contributed by atoms with Crippen molar-refractivity contribution in [2.75, 3.05) is 6.54 Å². The number of rotatable bonds is 4. The molecule has 0 aliphatic heterocycles. The first-order chi connectivity index (χ1) is 8.22. The molecule has 3 atom stereocenters. The number of hydrogen-bond donors (Lipinski definition) is 1. The standard InChI is InChI=1S/C13H18BrNOS/c1-2-15-12-4-3-5-13(12)17(16)11-8-6-10(14)7-9-11/h6-9,12-13,15H,2-5H2,1H3. The SMILES string of the molecule is CCNC1CCCC1S(=O)c1ccc(Br)cc1. The number of nitrogens with one attached hydrogen (secondary N) is 1. The summed E-state index contributed by atoms with van der Waals surface area (Å²) in [6, 6.07) is 8.27. The highest BCUT2D eigenvalue weighted by Gasteiger charge is 2.31. The van der Waals surface area contributed by atoms with E-state index in [-0.39, 0.29) is 5.25 Å². The van der Waals surface area contributed by atoms with Gasteiger partial charge < -0.3 is 5.32 Å². The number of benzene rings is 1. The Morgan fingerprint density at radius 3 is 2.71 bits per heavy atom. The third kappa shape index (κ3) is 3.18. The van der Waals surface area contributed by atoms with Crippen molar-refractivity contribution in [1.29, 1.82) is 0 Å². The van der Waals surface area contributed by atoms with E-state index in [1.807, 2.05) is 24.3 Å². The van der Waals surface area contributed by atoms with E-state index in [9.17, 15) is 4.21 Å². The molecule has 0 saturated heterocycles. The Balaban J connectivity index is 2.11. The van der Waals surface area contributed by atoms with Gasteiger partial charge in [0.15, 0.2) is 0 Å². The van der Waals surface area contributed by atoms with Crippen molar-refractivity contribution in [2.45, 2.75) is 42.4 Å². The van der Waals surface area contributed by atoms with Gasteiger partial charge in [0, 0.05) is 15.4 Å². The molecule has 0 amide bonds. The van der Waals surface area contributed by atoms with E-state index in [1.54, 1.807) is 0 Å². The normalized spacial score (nSPS) is 26.0. The van der Waals surface area contributed by atoms with Crippen LogP contribution < -0.4 is 5.32 Å². The molecule has 2 nitrogen and oxygen atoms in total. The van der Waals surface area contributed by atoms with Gasteiger partial charge in [0.2, 0.25) is 0 Å². The smallest absolute Gasteiger partial charge is 0.0576 e. The molecule has 2 rings (SSSR count). The molecule has 1 aliphatic carbocycles. The minimum absolute atomic E-state index is 0.274. The first kappa shape index (κ1) is 13.2. The molecule has 94 valence electrons. The fraction of sp³-hybridized carbons (Fsp3) is 0.538. The summed E-state index contributed by atoms with van der Waals surface area (Å²) >= 11 is 3.40. The average molecular weight is 316 g/mol. The number of hydrogen-bond acceptors (Lipinski definition) is 2. The van der Waals surface area contributed by atoms with E-state index in [2.05, 4.69) is 28.2 Å². The molecule has 1 N–H and O–H groups in total. The molecule has 0 heterocycles. The van der Waals surface area contributed by atoms with Crippen molar-refractivity contribution < 1.29 is 4.21 Å². The van der Waals surface area contributed by atoms with Crippen LogP contribution in [0.4, 0.5) is 0 Å². The molecule has 0 spiro atoms. The van der Waals surface area contributed by atoms with E-state index in [0.29, 0.717) is 6.04 Å². The lowest BCUT2D eigenvalue weighted by Crippen LogP contribution is -2.37. The average Bonchev–Trinajstić information content (AvgIpc) is 2.78. The molecule has 0 bridgehead atoms. The van der Waals surface area contributed by atoms with Gasteiger partial charge in [0.05, 0.1) is 16.0 Å². The van der Waals surface area contributed by atoms with E-state index in [1.165, 1.54) is 6.42 Å². The van der Waals surface area contributed by atoms with Gasteiger partial charge in [-0.2, -0.15) is 0 Å². The fourth-order valence-corrected chi connectivity index (χ4v) is 4.35. The molecule has 1 aromatic carbocycles. The van der Waals surface area contributed by atoms with Crippen LogP contribution in [0.25, 0.3) is 0 Å². The third-order valence-electron chi connectivity index (χ3n) is 3.24. The third-order valence-corrected chi connectivity index (χ3v) is 5.62. The van der Waals surface area contributed by atoms with E-state index in [0.717, 1.165) is 28.8 Å². The van der Waals surface area contributed by atoms with Gasteiger partial charge in [-0.1, -0.05) is 29.3 Å². The minimum Gasteiger partial charge on any atom is -0.313 e. The van der Waals surface area contributed by atoms with Crippen LogP contribution >= 0.6 is 15.9 Å². The Labute approximate surface area is 114 Å². The molecule has 17 heavy (non-hydrogen) atoms. The van der Waals surface area contributed by atoms with Crippen LogP contribution in [0.15, 0.2) is 33.6 Å². The predicted octanol–water partition coefficient (Wildman–Crippen LogP) is 3.09. The molecule has 1 aliphatic rings. The zero-order chi connectivity index (χ0) is 12.3. The van der Waals surface area contributed by atoms with Gasteiger partial charge in [0.1, 0.15) is 0 Å². The monoisotopic (exact) mass is 315 g/mol. The summed E-state index contributed by atoms with van der Waals surface area (Å²) in [5.74, 6) is 0. The molecule has 4 heteroatoms. The summed E-state index contributed by atoms with van der Waals surface area (Å²) in [5.41, 5.74) is 0. The lowest BCUT2D eigenvalue weighted by Gasteiger charge is -2.19. The van der Waals surface area contributed by atoms with Crippen LogP contribution in [0, 0.1) is 0 Å². The number of halogens is 1. The summed E-state index contributed by atoms with van der Waals surface area (Å²) < 4.78 is 13.5. The second-order valence-electron chi connectivity index (χ2n) is 4.38. The lowest BCUT2D eigenvalue weighted by molar-refractivity contribution is 0.541.